The first-order valence-corrected chi connectivity index (χ1v) is 22.6. The van der Waals surface area contributed by atoms with Crippen LogP contribution < -0.4 is 0 Å². The van der Waals surface area contributed by atoms with Crippen LogP contribution in [0.4, 0.5) is 0 Å². The van der Waals surface area contributed by atoms with Crippen molar-refractivity contribution in [2.75, 3.05) is 225 Å². The average molecular weight is 1030 g/mol. The Morgan fingerprint density at radius 1 is 0.308 bits per heavy atom. The van der Waals surface area contributed by atoms with Gasteiger partial charge in [-0.1, -0.05) is 29.8 Å². The normalized spacial score (nSPS) is 10.2. The lowest BCUT2D eigenvalue weighted by atomic mass is 10.5. The quantitative estimate of drug-likeness (QED) is 0.0267. The zero-order valence-electron chi connectivity index (χ0n) is 39.8. The number of hydrogen-bond donors (Lipinski definition) is 4. The molecule has 0 aliphatic carbocycles. The molecule has 0 aliphatic rings. The molecule has 0 aliphatic heterocycles. The Hall–Kier alpha value is -1.79. The largest absolute Gasteiger partial charge is 0.467 e. The van der Waals surface area contributed by atoms with Crippen molar-refractivity contribution < 1.29 is 111 Å². The third-order valence-corrected chi connectivity index (χ3v) is 6.50. The number of carbonyl (C=O) groups is 3. The summed E-state index contributed by atoms with van der Waals surface area (Å²) >= 11 is 3.24. The van der Waals surface area contributed by atoms with Gasteiger partial charge < -0.3 is 96.2 Å². The minimum atomic E-state index is -0.402. The molecule has 0 atom stereocenters. The molecular weight excluding hydrogens is 940 g/mol. The molecule has 0 heterocycles. The molecule has 394 valence electrons. The number of esters is 3. The molecule has 0 spiro atoms. The van der Waals surface area contributed by atoms with Crippen LogP contribution in [0.15, 0.2) is 0 Å². The van der Waals surface area contributed by atoms with Gasteiger partial charge >= 0.3 is 17.9 Å². The van der Waals surface area contributed by atoms with E-state index >= 15 is 0 Å². The van der Waals surface area contributed by atoms with E-state index < -0.39 is 5.97 Å². The monoisotopic (exact) mass is 1020 g/mol. The summed E-state index contributed by atoms with van der Waals surface area (Å²) < 4.78 is 78.7. The molecule has 23 nitrogen and oxygen atoms in total. The van der Waals surface area contributed by atoms with Crippen LogP contribution in [0.5, 0.6) is 0 Å². The van der Waals surface area contributed by atoms with Crippen molar-refractivity contribution in [1.82, 2.24) is 0 Å². The number of carbonyl (C=O) groups excluding carboxylic acids is 3. The Morgan fingerprint density at radius 3 is 0.677 bits per heavy atom. The van der Waals surface area contributed by atoms with Crippen molar-refractivity contribution in [2.45, 2.75) is 26.7 Å². The fraction of sp³-hybridized carbons (Fsp3) is 0.927. The van der Waals surface area contributed by atoms with Gasteiger partial charge in [0.15, 0.2) is 0 Å². The van der Waals surface area contributed by atoms with Crippen LogP contribution in [0, 0.1) is 0 Å². The van der Waals surface area contributed by atoms with Gasteiger partial charge in [0.05, 0.1) is 187 Å². The van der Waals surface area contributed by atoms with E-state index in [9.17, 15) is 14.4 Å². The fourth-order valence-electron chi connectivity index (χ4n) is 3.21. The number of methoxy groups -OCH3 is 3. The maximum Gasteiger partial charge on any atom is 0.331 e. The molecule has 24 heteroatoms. The van der Waals surface area contributed by atoms with Crippen LogP contribution in [-0.2, 0) is 90.2 Å². The third-order valence-electron chi connectivity index (χ3n) is 6.18. The molecular formula is C41H85BrO23. The SMILES string of the molecule is CCCOCCOCCO.CCCOCCOCCOCC(=O)OC.COC(=O)COCCOCCOCCBr.COC(=O)COCCOCCOCCO.OCCOCCOCCO. The number of halogens is 1. The van der Waals surface area contributed by atoms with Crippen molar-refractivity contribution >= 4 is 33.8 Å². The molecule has 0 aromatic heterocycles. The van der Waals surface area contributed by atoms with E-state index in [1.807, 2.05) is 0 Å². The molecule has 0 rings (SSSR count). The van der Waals surface area contributed by atoms with E-state index in [2.05, 4.69) is 44.0 Å². The van der Waals surface area contributed by atoms with Crippen LogP contribution in [0.25, 0.3) is 0 Å². The second-order valence-corrected chi connectivity index (χ2v) is 12.4. The van der Waals surface area contributed by atoms with Gasteiger partial charge in [-0.2, -0.15) is 0 Å². The first-order valence-electron chi connectivity index (χ1n) is 21.5. The highest BCUT2D eigenvalue weighted by atomic mass is 79.9. The minimum Gasteiger partial charge on any atom is -0.467 e. The molecule has 0 amide bonds. The predicted octanol–water partition coefficient (Wildman–Crippen LogP) is -0.149. The number of hydrogen-bond acceptors (Lipinski definition) is 23. The van der Waals surface area contributed by atoms with E-state index in [0.717, 1.165) is 31.4 Å². The minimum absolute atomic E-state index is 0.0161. The molecule has 0 fully saturated rings. The van der Waals surface area contributed by atoms with Gasteiger partial charge in [0, 0.05) is 18.5 Å². The fourth-order valence-corrected chi connectivity index (χ4v) is 3.44. The van der Waals surface area contributed by atoms with Crippen LogP contribution in [0.1, 0.15) is 26.7 Å². The maximum absolute atomic E-state index is 10.6. The number of aliphatic hydroxyl groups excluding tert-OH is 4. The third kappa shape index (κ3) is 86.0. The summed E-state index contributed by atoms with van der Waals surface area (Å²) in [4.78, 5) is 31.8. The number of rotatable bonds is 44. The van der Waals surface area contributed by atoms with Crippen LogP contribution in [-0.4, -0.2) is 263 Å². The highest BCUT2D eigenvalue weighted by Crippen LogP contribution is 1.87. The summed E-state index contributed by atoms with van der Waals surface area (Å²) in [6.07, 6.45) is 2.06. The molecule has 0 aromatic rings. The summed E-state index contributed by atoms with van der Waals surface area (Å²) in [5, 5.41) is 34.0. The van der Waals surface area contributed by atoms with Crippen molar-refractivity contribution in [3.05, 3.63) is 0 Å². The highest BCUT2D eigenvalue weighted by molar-refractivity contribution is 9.09. The maximum atomic E-state index is 10.6. The van der Waals surface area contributed by atoms with Gasteiger partial charge in [-0.05, 0) is 12.8 Å². The molecule has 65 heavy (non-hydrogen) atoms. The van der Waals surface area contributed by atoms with Crippen molar-refractivity contribution in [3.8, 4) is 0 Å². The molecule has 0 aromatic carbocycles. The topological polar surface area (TPSA) is 280 Å². The summed E-state index contributed by atoms with van der Waals surface area (Å²) in [5.74, 6) is -1.15. The first kappa shape index (κ1) is 72.2. The Bertz CT molecular complexity index is 756. The van der Waals surface area contributed by atoms with E-state index in [1.165, 1.54) is 21.3 Å². The van der Waals surface area contributed by atoms with Gasteiger partial charge in [-0.15, -0.1) is 0 Å². The van der Waals surface area contributed by atoms with E-state index in [-0.39, 0.29) is 58.2 Å². The lowest BCUT2D eigenvalue weighted by molar-refractivity contribution is -0.147. The van der Waals surface area contributed by atoms with E-state index in [0.29, 0.717) is 139 Å². The van der Waals surface area contributed by atoms with E-state index in [4.69, 9.17) is 82.0 Å². The second kappa shape index (κ2) is 73.8. The summed E-state index contributed by atoms with van der Waals surface area (Å²) in [6, 6.07) is 0. The Balaban J connectivity index is -0.000000233. The van der Waals surface area contributed by atoms with Crippen LogP contribution >= 0.6 is 15.9 Å². The van der Waals surface area contributed by atoms with Gasteiger partial charge in [0.2, 0.25) is 0 Å². The molecule has 0 saturated carbocycles. The number of alkyl halides is 1. The summed E-state index contributed by atoms with van der Waals surface area (Å²) in [5.41, 5.74) is 0. The van der Waals surface area contributed by atoms with Crippen molar-refractivity contribution in [3.63, 3.8) is 0 Å². The Morgan fingerprint density at radius 2 is 0.492 bits per heavy atom. The summed E-state index contributed by atoms with van der Waals surface area (Å²) in [6.45, 7) is 15.6. The van der Waals surface area contributed by atoms with Crippen molar-refractivity contribution in [2.24, 2.45) is 0 Å². The highest BCUT2D eigenvalue weighted by Gasteiger charge is 2.01. The predicted molar refractivity (Wildman–Crippen MR) is 239 cm³/mol. The molecule has 4 N–H and O–H groups in total. The van der Waals surface area contributed by atoms with Gasteiger partial charge in [-0.25, -0.2) is 14.4 Å². The summed E-state index contributed by atoms with van der Waals surface area (Å²) in [7, 11) is 3.96. The Kier molecular flexibility index (Phi) is 81.9. The Labute approximate surface area is 395 Å². The molecule has 0 bridgehead atoms. The molecule has 0 radical (unpaired) electrons. The molecule has 0 unspecified atom stereocenters. The standard InChI is InChI=1S/C10H20O5.C9H17BrO5.C9H18O6.C7H16O3.C6H14O4/c1-3-4-13-5-6-14-7-8-15-9-10(11)12-2;2*1-12-9(11)8-15-7-6-14-5-4-13-3-2-10;1-2-4-9-6-7-10-5-3-8;7-1-3-9-5-6-10-4-2-8/h3-9H2,1-2H3;2-8H2,1H3;10H,2-8H2,1H3;8H,2-7H2,1H3;7-8H,1-6H2. The zero-order valence-corrected chi connectivity index (χ0v) is 41.3. The van der Waals surface area contributed by atoms with Gasteiger partial charge in [-0.3, -0.25) is 0 Å². The molecule has 0 saturated heterocycles. The lowest BCUT2D eigenvalue weighted by Crippen LogP contribution is -2.15. The average Bonchev–Trinajstić information content (AvgIpc) is 3.32. The zero-order chi connectivity index (χ0) is 49.4. The van der Waals surface area contributed by atoms with Crippen molar-refractivity contribution in [1.29, 1.82) is 0 Å². The van der Waals surface area contributed by atoms with Gasteiger partial charge in [0.1, 0.15) is 19.8 Å². The van der Waals surface area contributed by atoms with Gasteiger partial charge in [0.25, 0.3) is 0 Å². The lowest BCUT2D eigenvalue weighted by Gasteiger charge is -2.05. The smallest absolute Gasteiger partial charge is 0.331 e. The number of ether oxygens (including phenoxy) is 16. The first-order chi connectivity index (χ1) is 31.8. The second-order valence-electron chi connectivity index (χ2n) is 11.6. The number of aliphatic hydroxyl groups is 4. The van der Waals surface area contributed by atoms with Crippen LogP contribution in [0.2, 0.25) is 0 Å². The van der Waals surface area contributed by atoms with Crippen LogP contribution in [0.3, 0.4) is 0 Å². The van der Waals surface area contributed by atoms with E-state index in [1.54, 1.807) is 0 Å².